The van der Waals surface area contributed by atoms with Gasteiger partial charge in [0, 0.05) is 43.9 Å². The van der Waals surface area contributed by atoms with Crippen molar-refractivity contribution < 1.29 is 4.79 Å². The lowest BCUT2D eigenvalue weighted by atomic mass is 10.2. The number of carbonyl (C=O) groups excluding carboxylic acids is 1. The summed E-state index contributed by atoms with van der Waals surface area (Å²) in [5.74, 6) is 3.14. The number of piperazine rings is 1. The van der Waals surface area contributed by atoms with Crippen molar-refractivity contribution in [1.82, 2.24) is 14.9 Å². The lowest BCUT2D eigenvalue weighted by molar-refractivity contribution is -0.132. The van der Waals surface area contributed by atoms with E-state index >= 15 is 0 Å². The van der Waals surface area contributed by atoms with Crippen LogP contribution in [0.25, 0.3) is 0 Å². The Morgan fingerprint density at radius 1 is 1.29 bits per heavy atom. The molecule has 1 atom stereocenters. The molecular weight excluding hydrogens is 322 g/mol. The third-order valence-corrected chi connectivity index (χ3v) is 4.88. The van der Waals surface area contributed by atoms with E-state index in [9.17, 15) is 4.79 Å². The lowest BCUT2D eigenvalue weighted by Gasteiger charge is -2.36. The van der Waals surface area contributed by atoms with Crippen molar-refractivity contribution >= 4 is 23.5 Å². The number of rotatable bonds is 6. The van der Waals surface area contributed by atoms with Crippen LogP contribution in [-0.2, 0) is 4.79 Å². The van der Waals surface area contributed by atoms with Crippen molar-refractivity contribution in [3.05, 3.63) is 17.6 Å². The fraction of sp³-hybridized carbons (Fsp3) is 0.706. The molecule has 1 aromatic heterocycles. The average Bonchev–Trinajstić information content (AvgIpc) is 2.58. The van der Waals surface area contributed by atoms with Crippen LogP contribution >= 0.6 is 11.8 Å². The first-order chi connectivity index (χ1) is 11.4. The van der Waals surface area contributed by atoms with E-state index < -0.39 is 0 Å². The molecule has 7 heteroatoms. The van der Waals surface area contributed by atoms with Gasteiger partial charge in [0.25, 0.3) is 0 Å². The van der Waals surface area contributed by atoms with Gasteiger partial charge in [-0.2, -0.15) is 11.8 Å². The number of nitrogens with zero attached hydrogens (tertiary/aromatic N) is 4. The summed E-state index contributed by atoms with van der Waals surface area (Å²) in [6.07, 6.45) is 2.77. The Morgan fingerprint density at radius 3 is 2.54 bits per heavy atom. The van der Waals surface area contributed by atoms with Gasteiger partial charge in [-0.15, -0.1) is 0 Å². The molecule has 0 spiro atoms. The van der Waals surface area contributed by atoms with Crippen LogP contribution in [0.15, 0.2) is 6.07 Å². The predicted octanol–water partition coefficient (Wildman–Crippen LogP) is 1.64. The van der Waals surface area contributed by atoms with Crippen molar-refractivity contribution in [3.63, 3.8) is 0 Å². The highest BCUT2D eigenvalue weighted by Gasteiger charge is 2.25. The highest BCUT2D eigenvalue weighted by Crippen LogP contribution is 2.19. The number of thioether (sulfide) groups is 1. The maximum absolute atomic E-state index is 12.4. The SMILES string of the molecule is CSCCC(N)C(=O)N1CCN(c2cc(C)nc(C(C)C)n2)CC1. The molecular formula is C17H29N5OS. The third-order valence-electron chi connectivity index (χ3n) is 4.24. The van der Waals surface area contributed by atoms with Crippen LogP contribution in [0, 0.1) is 6.92 Å². The summed E-state index contributed by atoms with van der Waals surface area (Å²) in [5, 5.41) is 0. The molecule has 0 aromatic carbocycles. The number of hydrogen-bond acceptors (Lipinski definition) is 6. The Balaban J connectivity index is 1.96. The quantitative estimate of drug-likeness (QED) is 0.840. The zero-order valence-corrected chi connectivity index (χ0v) is 16.0. The first-order valence-corrected chi connectivity index (χ1v) is 9.95. The zero-order valence-electron chi connectivity index (χ0n) is 15.2. The number of carbonyl (C=O) groups is 1. The lowest BCUT2D eigenvalue weighted by Crippen LogP contribution is -2.53. The molecule has 6 nitrogen and oxygen atoms in total. The second kappa shape index (κ2) is 8.67. The minimum Gasteiger partial charge on any atom is -0.353 e. The van der Waals surface area contributed by atoms with Gasteiger partial charge in [0.05, 0.1) is 6.04 Å². The normalized spacial score (nSPS) is 16.6. The van der Waals surface area contributed by atoms with Gasteiger partial charge >= 0.3 is 0 Å². The van der Waals surface area contributed by atoms with Gasteiger partial charge in [-0.1, -0.05) is 13.8 Å². The highest BCUT2D eigenvalue weighted by molar-refractivity contribution is 7.98. The summed E-state index contributed by atoms with van der Waals surface area (Å²) in [5.41, 5.74) is 7.00. The Morgan fingerprint density at radius 2 is 1.96 bits per heavy atom. The van der Waals surface area contributed by atoms with E-state index in [2.05, 4.69) is 28.7 Å². The van der Waals surface area contributed by atoms with Crippen molar-refractivity contribution in [1.29, 1.82) is 0 Å². The Labute approximate surface area is 149 Å². The molecule has 0 bridgehead atoms. The first-order valence-electron chi connectivity index (χ1n) is 8.56. The average molecular weight is 352 g/mol. The molecule has 0 aliphatic carbocycles. The standard InChI is InChI=1S/C17H29N5OS/c1-12(2)16-19-13(3)11-15(20-16)21-6-8-22(9-7-21)17(23)14(18)5-10-24-4/h11-12,14H,5-10,18H2,1-4H3. The van der Waals surface area contributed by atoms with Gasteiger partial charge in [-0.3, -0.25) is 4.79 Å². The van der Waals surface area contributed by atoms with E-state index in [0.29, 0.717) is 19.0 Å². The molecule has 1 unspecified atom stereocenters. The minimum atomic E-state index is -0.377. The zero-order chi connectivity index (χ0) is 17.7. The molecule has 1 fully saturated rings. The van der Waals surface area contributed by atoms with Gasteiger partial charge in [-0.25, -0.2) is 9.97 Å². The van der Waals surface area contributed by atoms with Crippen LogP contribution in [0.2, 0.25) is 0 Å². The molecule has 0 radical (unpaired) electrons. The Kier molecular flexibility index (Phi) is 6.86. The summed E-state index contributed by atoms with van der Waals surface area (Å²) < 4.78 is 0. The number of aryl methyl sites for hydroxylation is 1. The van der Waals surface area contributed by atoms with Gasteiger partial charge in [0.1, 0.15) is 11.6 Å². The summed E-state index contributed by atoms with van der Waals surface area (Å²) in [7, 11) is 0. The predicted molar refractivity (Wildman–Crippen MR) is 101 cm³/mol. The molecule has 1 saturated heterocycles. The van der Waals surface area contributed by atoms with Crippen LogP contribution < -0.4 is 10.6 Å². The summed E-state index contributed by atoms with van der Waals surface area (Å²) in [4.78, 5) is 25.7. The highest BCUT2D eigenvalue weighted by atomic mass is 32.2. The van der Waals surface area contributed by atoms with E-state index in [-0.39, 0.29) is 11.9 Å². The van der Waals surface area contributed by atoms with Gasteiger partial charge in [-0.05, 0) is 25.4 Å². The molecule has 1 aromatic rings. The molecule has 0 saturated carbocycles. The molecule has 1 amide bonds. The molecule has 2 heterocycles. The fourth-order valence-corrected chi connectivity index (χ4v) is 3.24. The largest absolute Gasteiger partial charge is 0.353 e. The molecule has 1 aliphatic rings. The van der Waals surface area contributed by atoms with E-state index in [1.165, 1.54) is 0 Å². The van der Waals surface area contributed by atoms with E-state index in [1.807, 2.05) is 24.1 Å². The Bertz CT molecular complexity index is 558. The number of hydrogen-bond donors (Lipinski definition) is 1. The van der Waals surface area contributed by atoms with Crippen molar-refractivity contribution in [2.45, 2.75) is 39.2 Å². The fourth-order valence-electron chi connectivity index (χ4n) is 2.75. The van der Waals surface area contributed by atoms with Crippen LogP contribution in [0.1, 0.15) is 37.7 Å². The van der Waals surface area contributed by atoms with Gasteiger partial charge < -0.3 is 15.5 Å². The summed E-state index contributed by atoms with van der Waals surface area (Å²) >= 11 is 1.72. The minimum absolute atomic E-state index is 0.0745. The molecule has 2 rings (SSSR count). The number of amides is 1. The van der Waals surface area contributed by atoms with Crippen LogP contribution in [0.3, 0.4) is 0 Å². The molecule has 1 aliphatic heterocycles. The third kappa shape index (κ3) is 4.83. The first kappa shape index (κ1) is 19.0. The topological polar surface area (TPSA) is 75.4 Å². The van der Waals surface area contributed by atoms with Crippen LogP contribution in [0.5, 0.6) is 0 Å². The maximum atomic E-state index is 12.4. The van der Waals surface area contributed by atoms with Crippen molar-refractivity contribution in [3.8, 4) is 0 Å². The van der Waals surface area contributed by atoms with E-state index in [0.717, 1.165) is 42.6 Å². The van der Waals surface area contributed by atoms with Crippen LogP contribution in [-0.4, -0.2) is 65.0 Å². The second-order valence-electron chi connectivity index (χ2n) is 6.58. The van der Waals surface area contributed by atoms with Crippen molar-refractivity contribution in [2.24, 2.45) is 5.73 Å². The number of aromatic nitrogens is 2. The molecule has 134 valence electrons. The Hall–Kier alpha value is -1.34. The monoisotopic (exact) mass is 351 g/mol. The summed E-state index contributed by atoms with van der Waals surface area (Å²) in [6, 6.07) is 1.64. The van der Waals surface area contributed by atoms with E-state index in [1.54, 1.807) is 11.8 Å². The second-order valence-corrected chi connectivity index (χ2v) is 7.57. The van der Waals surface area contributed by atoms with Gasteiger partial charge in [0.2, 0.25) is 5.91 Å². The van der Waals surface area contributed by atoms with Gasteiger partial charge in [0.15, 0.2) is 0 Å². The molecule has 2 N–H and O–H groups in total. The number of nitrogens with two attached hydrogens (primary N) is 1. The van der Waals surface area contributed by atoms with Crippen molar-refractivity contribution in [2.75, 3.05) is 43.1 Å². The maximum Gasteiger partial charge on any atom is 0.239 e. The van der Waals surface area contributed by atoms with Crippen LogP contribution in [0.4, 0.5) is 5.82 Å². The molecule has 24 heavy (non-hydrogen) atoms. The van der Waals surface area contributed by atoms with E-state index in [4.69, 9.17) is 5.73 Å². The summed E-state index contributed by atoms with van der Waals surface area (Å²) in [6.45, 7) is 9.18. The number of anilines is 1. The smallest absolute Gasteiger partial charge is 0.239 e.